The molecule has 0 unspecified atom stereocenters. The molecule has 2 amide bonds. The van der Waals surface area contributed by atoms with Crippen LogP contribution in [0, 0.1) is 0 Å². The largest absolute Gasteiger partial charge is 0.349 e. The molecule has 0 aromatic heterocycles. The number of anilines is 1. The van der Waals surface area contributed by atoms with E-state index >= 15 is 0 Å². The molecule has 0 heterocycles. The van der Waals surface area contributed by atoms with E-state index in [1.165, 1.54) is 6.42 Å². The maximum atomic E-state index is 12.7. The molecule has 2 N–H and O–H groups in total. The highest BCUT2D eigenvalue weighted by Gasteiger charge is 2.19. The van der Waals surface area contributed by atoms with Crippen LogP contribution in [0.2, 0.25) is 5.02 Å². The second-order valence-electron chi connectivity index (χ2n) is 7.03. The van der Waals surface area contributed by atoms with E-state index in [2.05, 4.69) is 10.6 Å². The van der Waals surface area contributed by atoms with Crippen LogP contribution in [0.15, 0.2) is 48.5 Å². The number of amides is 2. The lowest BCUT2D eigenvalue weighted by Crippen LogP contribution is -2.36. The molecule has 1 aliphatic carbocycles. The zero-order chi connectivity index (χ0) is 19.1. The smallest absolute Gasteiger partial charge is 0.253 e. The zero-order valence-corrected chi connectivity index (χ0v) is 16.1. The van der Waals surface area contributed by atoms with E-state index in [0.717, 1.165) is 31.2 Å². The quantitative estimate of drug-likeness (QED) is 0.738. The highest BCUT2D eigenvalue weighted by Crippen LogP contribution is 2.20. The fraction of sp³-hybridized carbons (Fsp3) is 0.364. The van der Waals surface area contributed by atoms with Gasteiger partial charge in [-0.05, 0) is 49.1 Å². The maximum absolute atomic E-state index is 12.7. The minimum Gasteiger partial charge on any atom is -0.349 e. The Hall–Kier alpha value is -2.33. The molecule has 0 bridgehead atoms. The molecule has 2 aromatic rings. The van der Waals surface area contributed by atoms with Gasteiger partial charge in [0.2, 0.25) is 5.91 Å². The summed E-state index contributed by atoms with van der Waals surface area (Å²) in [4.78, 5) is 25.0. The van der Waals surface area contributed by atoms with Crippen LogP contribution in [0.25, 0.3) is 0 Å². The monoisotopic (exact) mass is 384 g/mol. The van der Waals surface area contributed by atoms with Crippen molar-refractivity contribution in [3.63, 3.8) is 0 Å². The summed E-state index contributed by atoms with van der Waals surface area (Å²) in [6.45, 7) is 0. The number of carbonyl (C=O) groups is 2. The van der Waals surface area contributed by atoms with Crippen LogP contribution >= 0.6 is 11.6 Å². The summed E-state index contributed by atoms with van der Waals surface area (Å²) in [5, 5.41) is 6.68. The van der Waals surface area contributed by atoms with Crippen molar-refractivity contribution in [2.75, 3.05) is 5.32 Å². The number of hydrogen-bond acceptors (Lipinski definition) is 2. The first-order valence-corrected chi connectivity index (χ1v) is 9.94. The predicted molar refractivity (Wildman–Crippen MR) is 109 cm³/mol. The van der Waals surface area contributed by atoms with E-state index in [-0.39, 0.29) is 17.9 Å². The summed E-state index contributed by atoms with van der Waals surface area (Å²) in [5.41, 5.74) is 2.13. The molecular formula is C22H25ClN2O2. The SMILES string of the molecule is O=C(CCc1ccc(Cl)cc1)Nc1ccccc1C(=O)NC1CCCCC1. The molecular weight excluding hydrogens is 360 g/mol. The van der Waals surface area contributed by atoms with Gasteiger partial charge in [-0.2, -0.15) is 0 Å². The van der Waals surface area contributed by atoms with Gasteiger partial charge >= 0.3 is 0 Å². The van der Waals surface area contributed by atoms with Gasteiger partial charge < -0.3 is 10.6 Å². The van der Waals surface area contributed by atoms with Gasteiger partial charge in [0.25, 0.3) is 5.91 Å². The van der Waals surface area contributed by atoms with Gasteiger partial charge in [-0.1, -0.05) is 55.1 Å². The average molecular weight is 385 g/mol. The topological polar surface area (TPSA) is 58.2 Å². The van der Waals surface area contributed by atoms with Crippen LogP contribution in [-0.4, -0.2) is 17.9 Å². The second kappa shape index (κ2) is 9.56. The highest BCUT2D eigenvalue weighted by molar-refractivity contribution is 6.30. The van der Waals surface area contributed by atoms with Crippen molar-refractivity contribution < 1.29 is 9.59 Å². The standard InChI is InChI=1S/C22H25ClN2O2/c23-17-13-10-16(11-14-17)12-15-21(26)25-20-9-5-4-8-19(20)22(27)24-18-6-2-1-3-7-18/h4-5,8-11,13-14,18H,1-3,6-7,12,15H2,(H,24,27)(H,25,26). The lowest BCUT2D eigenvalue weighted by molar-refractivity contribution is -0.116. The van der Waals surface area contributed by atoms with E-state index < -0.39 is 0 Å². The van der Waals surface area contributed by atoms with Crippen LogP contribution in [0.4, 0.5) is 5.69 Å². The van der Waals surface area contributed by atoms with Gasteiger partial charge in [-0.3, -0.25) is 9.59 Å². The molecule has 0 atom stereocenters. The van der Waals surface area contributed by atoms with Gasteiger partial charge in [-0.25, -0.2) is 0 Å². The normalized spacial score (nSPS) is 14.6. The minimum absolute atomic E-state index is 0.108. The number of benzene rings is 2. The lowest BCUT2D eigenvalue weighted by atomic mass is 9.95. The number of carbonyl (C=O) groups excluding carboxylic acids is 2. The summed E-state index contributed by atoms with van der Waals surface area (Å²) in [7, 11) is 0. The molecule has 0 aliphatic heterocycles. The number of nitrogens with one attached hydrogen (secondary N) is 2. The molecule has 4 nitrogen and oxygen atoms in total. The number of para-hydroxylation sites is 1. The van der Waals surface area contributed by atoms with Crippen LogP contribution in [0.1, 0.15) is 54.4 Å². The van der Waals surface area contributed by atoms with Crippen molar-refractivity contribution in [2.24, 2.45) is 0 Å². The van der Waals surface area contributed by atoms with Crippen molar-refractivity contribution >= 4 is 29.1 Å². The Morgan fingerprint density at radius 3 is 2.41 bits per heavy atom. The fourth-order valence-electron chi connectivity index (χ4n) is 3.42. The molecule has 0 spiro atoms. The molecule has 0 radical (unpaired) electrons. The number of halogens is 1. The first kappa shape index (κ1) is 19.4. The highest BCUT2D eigenvalue weighted by atomic mass is 35.5. The molecule has 0 saturated heterocycles. The molecule has 1 aliphatic rings. The molecule has 27 heavy (non-hydrogen) atoms. The number of hydrogen-bond donors (Lipinski definition) is 2. The molecule has 3 rings (SSSR count). The van der Waals surface area contributed by atoms with Gasteiger partial charge in [0.05, 0.1) is 11.3 Å². The summed E-state index contributed by atoms with van der Waals surface area (Å²) in [6, 6.07) is 14.9. The third-order valence-electron chi connectivity index (χ3n) is 4.94. The first-order valence-electron chi connectivity index (χ1n) is 9.56. The Balaban J connectivity index is 1.58. The zero-order valence-electron chi connectivity index (χ0n) is 15.3. The van der Waals surface area contributed by atoms with Gasteiger partial charge in [0.15, 0.2) is 0 Å². The fourth-order valence-corrected chi connectivity index (χ4v) is 3.55. The van der Waals surface area contributed by atoms with Crippen molar-refractivity contribution in [2.45, 2.75) is 51.0 Å². The van der Waals surface area contributed by atoms with E-state index in [1.54, 1.807) is 12.1 Å². The van der Waals surface area contributed by atoms with Crippen LogP contribution < -0.4 is 10.6 Å². The average Bonchev–Trinajstić information content (AvgIpc) is 2.69. The van der Waals surface area contributed by atoms with Crippen molar-refractivity contribution in [3.05, 3.63) is 64.7 Å². The summed E-state index contributed by atoms with van der Waals surface area (Å²) in [5.74, 6) is -0.224. The van der Waals surface area contributed by atoms with Gasteiger partial charge in [0, 0.05) is 17.5 Å². The predicted octanol–water partition coefficient (Wildman–Crippen LogP) is 4.97. The molecule has 142 valence electrons. The third kappa shape index (κ3) is 5.83. The van der Waals surface area contributed by atoms with E-state index in [9.17, 15) is 9.59 Å². The van der Waals surface area contributed by atoms with E-state index in [1.807, 2.05) is 36.4 Å². The van der Waals surface area contributed by atoms with Crippen molar-refractivity contribution in [1.82, 2.24) is 5.32 Å². The molecule has 2 aromatic carbocycles. The number of aryl methyl sites for hydroxylation is 1. The molecule has 5 heteroatoms. The molecule has 1 saturated carbocycles. The number of rotatable bonds is 6. The van der Waals surface area contributed by atoms with E-state index in [4.69, 9.17) is 11.6 Å². The second-order valence-corrected chi connectivity index (χ2v) is 7.47. The molecule has 1 fully saturated rings. The first-order chi connectivity index (χ1) is 13.1. The lowest BCUT2D eigenvalue weighted by Gasteiger charge is -2.23. The Bertz CT molecular complexity index is 783. The summed E-state index contributed by atoms with van der Waals surface area (Å²) < 4.78 is 0. The van der Waals surface area contributed by atoms with Crippen molar-refractivity contribution in [1.29, 1.82) is 0 Å². The van der Waals surface area contributed by atoms with Crippen LogP contribution in [0.5, 0.6) is 0 Å². The van der Waals surface area contributed by atoms with Crippen LogP contribution in [0.3, 0.4) is 0 Å². The van der Waals surface area contributed by atoms with Crippen molar-refractivity contribution in [3.8, 4) is 0 Å². The van der Waals surface area contributed by atoms with Crippen LogP contribution in [-0.2, 0) is 11.2 Å². The Kier molecular flexibility index (Phi) is 6.88. The minimum atomic E-state index is -0.115. The Morgan fingerprint density at radius 2 is 1.67 bits per heavy atom. The maximum Gasteiger partial charge on any atom is 0.253 e. The van der Waals surface area contributed by atoms with Gasteiger partial charge in [0.1, 0.15) is 0 Å². The Labute approximate surface area is 165 Å². The van der Waals surface area contributed by atoms with E-state index in [0.29, 0.717) is 29.1 Å². The summed E-state index contributed by atoms with van der Waals surface area (Å²) >= 11 is 5.88. The third-order valence-corrected chi connectivity index (χ3v) is 5.19. The Morgan fingerprint density at radius 1 is 0.963 bits per heavy atom. The summed E-state index contributed by atoms with van der Waals surface area (Å²) in [6.07, 6.45) is 6.59. The van der Waals surface area contributed by atoms with Gasteiger partial charge in [-0.15, -0.1) is 0 Å².